The van der Waals surface area contributed by atoms with Crippen molar-refractivity contribution in [2.45, 2.75) is 26.4 Å². The highest BCUT2D eigenvalue weighted by Crippen LogP contribution is 2.19. The van der Waals surface area contributed by atoms with Gasteiger partial charge in [0.15, 0.2) is 0 Å². The number of hydrogen-bond acceptors (Lipinski definition) is 7. The van der Waals surface area contributed by atoms with E-state index >= 15 is 0 Å². The van der Waals surface area contributed by atoms with E-state index in [1.54, 1.807) is 29.3 Å². The van der Waals surface area contributed by atoms with Crippen LogP contribution < -0.4 is 15.0 Å². The number of nitrogens with zero attached hydrogens (tertiary/aromatic N) is 4. The van der Waals surface area contributed by atoms with Gasteiger partial charge in [-0.15, -0.1) is 0 Å². The molecule has 160 valence electrons. The third-order valence-electron chi connectivity index (χ3n) is 4.49. The van der Waals surface area contributed by atoms with E-state index in [1.807, 2.05) is 26.8 Å². The Morgan fingerprint density at radius 2 is 1.73 bits per heavy atom. The number of carbonyl (C=O) groups is 2. The lowest BCUT2D eigenvalue weighted by Gasteiger charge is -2.36. The topological polar surface area (TPSA) is 96.9 Å². The summed E-state index contributed by atoms with van der Waals surface area (Å²) in [6.07, 6.45) is 2.88. The Kier molecular flexibility index (Phi) is 6.39. The predicted octanol–water partition coefficient (Wildman–Crippen LogP) is 2.79. The average Bonchev–Trinajstić information content (AvgIpc) is 2.73. The summed E-state index contributed by atoms with van der Waals surface area (Å²) in [7, 11) is 1.52. The molecule has 1 aliphatic heterocycles. The van der Waals surface area contributed by atoms with Crippen molar-refractivity contribution < 1.29 is 19.1 Å². The van der Waals surface area contributed by atoms with Gasteiger partial charge in [-0.25, -0.2) is 14.8 Å². The fraction of sp³-hybridized carbons (Fsp3) is 0.429. The zero-order valence-corrected chi connectivity index (χ0v) is 17.7. The molecule has 0 spiro atoms. The number of aromatic nitrogens is 2. The molecule has 1 N–H and O–H groups in total. The minimum atomic E-state index is -0.500. The van der Waals surface area contributed by atoms with Gasteiger partial charge in [0, 0.05) is 38.4 Å². The Morgan fingerprint density at radius 3 is 2.27 bits per heavy atom. The van der Waals surface area contributed by atoms with Gasteiger partial charge >= 0.3 is 6.09 Å². The second-order valence-corrected chi connectivity index (χ2v) is 7.90. The monoisotopic (exact) mass is 413 g/mol. The van der Waals surface area contributed by atoms with Crippen molar-refractivity contribution >= 4 is 23.5 Å². The van der Waals surface area contributed by atoms with Crippen molar-refractivity contribution in [1.82, 2.24) is 14.9 Å². The van der Waals surface area contributed by atoms with Crippen LogP contribution in [0.5, 0.6) is 5.88 Å². The van der Waals surface area contributed by atoms with Gasteiger partial charge in [0.2, 0.25) is 5.88 Å². The van der Waals surface area contributed by atoms with Gasteiger partial charge in [0.05, 0.1) is 24.6 Å². The highest BCUT2D eigenvalue weighted by atomic mass is 16.6. The minimum Gasteiger partial charge on any atom is -0.481 e. The molecule has 2 amide bonds. The second kappa shape index (κ2) is 8.98. The van der Waals surface area contributed by atoms with Crippen LogP contribution in [0.2, 0.25) is 0 Å². The molecule has 2 aromatic heterocycles. The number of methoxy groups -OCH3 is 1. The van der Waals surface area contributed by atoms with Crippen LogP contribution in [0, 0.1) is 0 Å². The van der Waals surface area contributed by atoms with Crippen LogP contribution in [0.4, 0.5) is 16.3 Å². The number of nitrogens with one attached hydrogen (secondary N) is 1. The predicted molar refractivity (Wildman–Crippen MR) is 113 cm³/mol. The van der Waals surface area contributed by atoms with Gasteiger partial charge in [-0.2, -0.15) is 0 Å². The molecular formula is C21H27N5O4. The third-order valence-corrected chi connectivity index (χ3v) is 4.49. The number of pyridine rings is 2. The van der Waals surface area contributed by atoms with E-state index in [0.29, 0.717) is 43.4 Å². The van der Waals surface area contributed by atoms with Crippen LogP contribution in [0.25, 0.3) is 0 Å². The molecule has 0 saturated carbocycles. The lowest BCUT2D eigenvalue weighted by molar-refractivity contribution is 0.0240. The molecule has 0 bridgehead atoms. The summed E-state index contributed by atoms with van der Waals surface area (Å²) >= 11 is 0. The number of rotatable bonds is 4. The molecule has 0 radical (unpaired) electrons. The molecule has 9 heteroatoms. The molecule has 0 aliphatic carbocycles. The van der Waals surface area contributed by atoms with Crippen molar-refractivity contribution in [1.29, 1.82) is 0 Å². The molecule has 1 fully saturated rings. The summed E-state index contributed by atoms with van der Waals surface area (Å²) in [4.78, 5) is 36.7. The Labute approximate surface area is 176 Å². The number of ether oxygens (including phenoxy) is 2. The maximum atomic E-state index is 12.3. The maximum absolute atomic E-state index is 12.3. The maximum Gasteiger partial charge on any atom is 0.410 e. The molecule has 2 aromatic rings. The summed E-state index contributed by atoms with van der Waals surface area (Å²) < 4.78 is 10.4. The molecular weight excluding hydrogens is 386 g/mol. The molecule has 1 saturated heterocycles. The van der Waals surface area contributed by atoms with Crippen LogP contribution in [0.3, 0.4) is 0 Å². The van der Waals surface area contributed by atoms with Gasteiger partial charge < -0.3 is 24.6 Å². The number of piperazine rings is 1. The highest BCUT2D eigenvalue weighted by molar-refractivity contribution is 6.03. The van der Waals surface area contributed by atoms with E-state index in [9.17, 15) is 9.59 Å². The van der Waals surface area contributed by atoms with Crippen LogP contribution >= 0.6 is 0 Å². The summed E-state index contributed by atoms with van der Waals surface area (Å²) in [6.45, 7) is 8.11. The van der Waals surface area contributed by atoms with E-state index < -0.39 is 5.60 Å². The fourth-order valence-corrected chi connectivity index (χ4v) is 2.94. The molecule has 1 aliphatic rings. The number of anilines is 2. The highest BCUT2D eigenvalue weighted by Gasteiger charge is 2.26. The van der Waals surface area contributed by atoms with Gasteiger partial charge in [-0.05, 0) is 39.0 Å². The lowest BCUT2D eigenvalue weighted by Crippen LogP contribution is -2.50. The van der Waals surface area contributed by atoms with E-state index in [1.165, 1.54) is 13.3 Å². The van der Waals surface area contributed by atoms with Crippen LogP contribution in [0.15, 0.2) is 36.7 Å². The molecule has 0 atom stereocenters. The first kappa shape index (κ1) is 21.4. The summed E-state index contributed by atoms with van der Waals surface area (Å²) in [5.74, 6) is 0.601. The zero-order valence-electron chi connectivity index (χ0n) is 17.7. The van der Waals surface area contributed by atoms with Crippen LogP contribution in [-0.2, 0) is 4.74 Å². The van der Waals surface area contributed by atoms with Gasteiger partial charge in [0.25, 0.3) is 5.91 Å². The summed E-state index contributed by atoms with van der Waals surface area (Å²) in [5, 5.41) is 2.75. The lowest BCUT2D eigenvalue weighted by atomic mass is 10.2. The molecule has 0 aromatic carbocycles. The number of hydrogen-bond donors (Lipinski definition) is 1. The smallest absolute Gasteiger partial charge is 0.410 e. The molecule has 30 heavy (non-hydrogen) atoms. The molecule has 3 rings (SSSR count). The molecule has 0 unspecified atom stereocenters. The normalized spacial score (nSPS) is 14.3. The Hall–Kier alpha value is -3.36. The Morgan fingerprint density at radius 1 is 1.00 bits per heavy atom. The Bertz CT molecular complexity index is 870. The zero-order chi connectivity index (χ0) is 21.7. The summed E-state index contributed by atoms with van der Waals surface area (Å²) in [5.41, 5.74) is 0.850. The minimum absolute atomic E-state index is 0.286. The third kappa shape index (κ3) is 5.59. The van der Waals surface area contributed by atoms with Crippen molar-refractivity contribution in [3.63, 3.8) is 0 Å². The quantitative estimate of drug-likeness (QED) is 0.823. The van der Waals surface area contributed by atoms with Crippen molar-refractivity contribution in [2.75, 3.05) is 43.5 Å². The van der Waals surface area contributed by atoms with Crippen LogP contribution in [-0.4, -0.2) is 65.8 Å². The molecule has 9 nitrogen and oxygen atoms in total. The number of amides is 2. The van der Waals surface area contributed by atoms with Gasteiger partial charge in [-0.3, -0.25) is 4.79 Å². The van der Waals surface area contributed by atoms with Crippen molar-refractivity contribution in [2.24, 2.45) is 0 Å². The van der Waals surface area contributed by atoms with E-state index in [-0.39, 0.29) is 12.0 Å². The van der Waals surface area contributed by atoms with Crippen LogP contribution in [0.1, 0.15) is 31.1 Å². The largest absolute Gasteiger partial charge is 0.481 e. The first-order valence-electron chi connectivity index (χ1n) is 9.75. The van der Waals surface area contributed by atoms with Crippen molar-refractivity contribution in [3.8, 4) is 5.88 Å². The number of carbonyl (C=O) groups excluding carboxylic acids is 2. The standard InChI is InChI=1S/C21H27N5O4/c1-21(2,3)30-20(28)26-11-9-25(10-12-26)16-6-7-17(22-14-16)24-19(27)15-5-8-18(29-4)23-13-15/h5-8,13-14H,9-12H2,1-4H3,(H,22,24,27). The van der Waals surface area contributed by atoms with E-state index in [2.05, 4.69) is 20.2 Å². The van der Waals surface area contributed by atoms with Crippen molar-refractivity contribution in [3.05, 3.63) is 42.2 Å². The first-order valence-corrected chi connectivity index (χ1v) is 9.75. The molecule has 3 heterocycles. The second-order valence-electron chi connectivity index (χ2n) is 7.90. The van der Waals surface area contributed by atoms with Gasteiger partial charge in [0.1, 0.15) is 11.4 Å². The average molecular weight is 413 g/mol. The fourth-order valence-electron chi connectivity index (χ4n) is 2.94. The van der Waals surface area contributed by atoms with Gasteiger partial charge in [-0.1, -0.05) is 0 Å². The summed E-state index contributed by atoms with van der Waals surface area (Å²) in [6, 6.07) is 6.92. The SMILES string of the molecule is COc1ccc(C(=O)Nc2ccc(N3CCN(C(=O)OC(C)(C)C)CC3)cn2)cn1. The van der Waals surface area contributed by atoms with E-state index in [0.717, 1.165) is 5.69 Å². The Balaban J connectivity index is 1.53. The first-order chi connectivity index (χ1) is 14.2. The van der Waals surface area contributed by atoms with E-state index in [4.69, 9.17) is 9.47 Å².